The molecule has 0 atom stereocenters. The zero-order valence-corrected chi connectivity index (χ0v) is 68.0. The predicted octanol–water partition coefficient (Wildman–Crippen LogP) is 27.6. The number of rotatable bonds is 9. The first kappa shape index (κ1) is 70.5. The Morgan fingerprint density at radius 2 is 0.584 bits per heavy atom. The number of aromatic nitrogens is 2. The first-order valence-electron chi connectivity index (χ1n) is 41.1. The lowest BCUT2D eigenvalue weighted by atomic mass is 9.33. The van der Waals surface area contributed by atoms with Crippen molar-refractivity contribution in [1.29, 1.82) is 0 Å². The fraction of sp³-hybridized carbons (Fsp3) is 0.222. The zero-order valence-electron chi connectivity index (χ0n) is 68.0. The minimum atomic E-state index is -0.191. The van der Waals surface area contributed by atoms with Gasteiger partial charge in [0.1, 0.15) is 0 Å². The second kappa shape index (κ2) is 25.4. The van der Waals surface area contributed by atoms with Crippen molar-refractivity contribution in [2.24, 2.45) is 0 Å². The van der Waals surface area contributed by atoms with E-state index < -0.39 is 0 Å². The topological polar surface area (TPSA) is 16.3 Å². The molecule has 554 valence electrons. The Hall–Kier alpha value is -11.7. The smallest absolute Gasteiger partial charge is 0.252 e. The molecule has 0 spiro atoms. The lowest BCUT2D eigenvalue weighted by Crippen LogP contribution is -2.61. The summed E-state index contributed by atoms with van der Waals surface area (Å²) in [5.74, 6) is 0. The minimum Gasteiger partial charge on any atom is -0.311 e. The molecule has 2 aromatic heterocycles. The Morgan fingerprint density at radius 3 is 1.04 bits per heavy atom. The van der Waals surface area contributed by atoms with E-state index in [1.54, 1.807) is 0 Å². The van der Waals surface area contributed by atoms with Gasteiger partial charge in [-0.25, -0.2) is 0 Å². The quantitative estimate of drug-likeness (QED) is 0.134. The number of fused-ring (bicyclic) bond motifs is 12. The van der Waals surface area contributed by atoms with E-state index in [2.05, 4.69) is 413 Å². The summed E-state index contributed by atoms with van der Waals surface area (Å²) in [6.45, 7) is 33.5. The maximum Gasteiger partial charge on any atom is 0.252 e. The third-order valence-electron chi connectivity index (χ3n) is 26.7. The van der Waals surface area contributed by atoms with Gasteiger partial charge in [-0.1, -0.05) is 303 Å². The van der Waals surface area contributed by atoms with E-state index in [-0.39, 0.29) is 39.2 Å². The van der Waals surface area contributed by atoms with Gasteiger partial charge in [0.05, 0.1) is 27.8 Å². The lowest BCUT2D eigenvalue weighted by Gasteiger charge is -2.45. The molecule has 0 saturated heterocycles. The molecule has 0 fully saturated rings. The summed E-state index contributed by atoms with van der Waals surface area (Å²) in [7, 11) is 0. The van der Waals surface area contributed by atoms with Crippen LogP contribution >= 0.6 is 0 Å². The number of benzene rings is 14. The van der Waals surface area contributed by atoms with Crippen molar-refractivity contribution in [1.82, 2.24) is 9.13 Å². The van der Waals surface area contributed by atoms with Crippen LogP contribution in [0.25, 0.3) is 111 Å². The van der Waals surface area contributed by atoms with Crippen LogP contribution in [0.15, 0.2) is 297 Å². The van der Waals surface area contributed by atoms with Gasteiger partial charge in [-0.2, -0.15) is 0 Å². The van der Waals surface area contributed by atoms with E-state index in [9.17, 15) is 0 Å². The molecule has 0 bridgehead atoms. The van der Waals surface area contributed by atoms with Crippen LogP contribution in [0.4, 0.5) is 34.1 Å². The fourth-order valence-electron chi connectivity index (χ4n) is 19.9. The Balaban J connectivity index is 0.869. The summed E-state index contributed by atoms with van der Waals surface area (Å²) < 4.78 is 5.09. The van der Waals surface area contributed by atoms with Gasteiger partial charge in [0.15, 0.2) is 0 Å². The first-order valence-corrected chi connectivity index (χ1v) is 41.1. The second-order valence-corrected chi connectivity index (χ2v) is 37.9. The molecule has 113 heavy (non-hydrogen) atoms. The molecule has 0 saturated carbocycles. The highest BCUT2D eigenvalue weighted by molar-refractivity contribution is 7.00. The summed E-state index contributed by atoms with van der Waals surface area (Å²) in [6.07, 6.45) is 4.69. The van der Waals surface area contributed by atoms with Crippen LogP contribution in [0.1, 0.15) is 156 Å². The molecular formula is C108H99BN4. The average Bonchev–Trinajstić information content (AvgIpc) is 1.35. The predicted molar refractivity (Wildman–Crippen MR) is 484 cm³/mol. The standard InChI is InChI=1S/C108H99BN4/c1-103(2,3)78-57-77(58-79(64-78)104(4,5)6)76-39-49-92-98(63-76)110(80-42-33-70(34-43-80)74-37-47-88-90(61-74)107(11,12)55-53-105(88,7)8)100-66-83(113-94-31-23-21-29-84(94)85-30-22-24-32-95(85)113)67-101-102(100)109(92)93-50-46-82(65-99(93)111(101)81-44-35-71(36-45-81)75-38-48-89-91(62-75)108(13,14)56-54-106(89,9)10)112-96-51-40-72(68-25-17-15-18-26-68)59-86(96)87-60-73(41-52-97(87)112)69-27-19-16-20-28-69/h15-52,57-67H,53-56H2,1-14H3. The average molecular weight is 1460 g/mol. The van der Waals surface area contributed by atoms with Crippen molar-refractivity contribution >= 4 is 101 Å². The fourth-order valence-corrected chi connectivity index (χ4v) is 19.9. The highest BCUT2D eigenvalue weighted by atomic mass is 15.2. The maximum absolute atomic E-state index is 2.65. The molecule has 2 aliphatic heterocycles. The molecule has 4 heterocycles. The van der Waals surface area contributed by atoms with Gasteiger partial charge >= 0.3 is 0 Å². The van der Waals surface area contributed by atoms with Crippen LogP contribution in [0.3, 0.4) is 0 Å². The third-order valence-corrected chi connectivity index (χ3v) is 26.7. The van der Waals surface area contributed by atoms with E-state index in [0.29, 0.717) is 0 Å². The normalized spacial score (nSPS) is 15.8. The molecular weight excluding hydrogens is 1360 g/mol. The van der Waals surface area contributed by atoms with Crippen molar-refractivity contribution in [2.45, 2.75) is 155 Å². The van der Waals surface area contributed by atoms with Crippen LogP contribution in [-0.4, -0.2) is 15.8 Å². The van der Waals surface area contributed by atoms with Crippen LogP contribution in [0, 0.1) is 0 Å². The van der Waals surface area contributed by atoms with Gasteiger partial charge in [-0.05, 0) is 255 Å². The number of hydrogen-bond donors (Lipinski definition) is 0. The van der Waals surface area contributed by atoms with Crippen molar-refractivity contribution in [3.05, 3.63) is 331 Å². The highest BCUT2D eigenvalue weighted by Crippen LogP contribution is 2.53. The monoisotopic (exact) mass is 1460 g/mol. The summed E-state index contributed by atoms with van der Waals surface area (Å²) >= 11 is 0. The van der Waals surface area contributed by atoms with Crippen molar-refractivity contribution in [3.63, 3.8) is 0 Å². The lowest BCUT2D eigenvalue weighted by molar-refractivity contribution is 0.332. The van der Waals surface area contributed by atoms with E-state index in [1.165, 1.54) is 157 Å². The Bertz CT molecular complexity index is 6380. The molecule has 20 rings (SSSR count). The van der Waals surface area contributed by atoms with E-state index >= 15 is 0 Å². The molecule has 5 heteroatoms. The Morgan fingerprint density at radius 1 is 0.248 bits per heavy atom. The molecule has 4 aliphatic rings. The maximum atomic E-state index is 2.65. The Kier molecular flexibility index (Phi) is 15.9. The van der Waals surface area contributed by atoms with Crippen LogP contribution in [-0.2, 0) is 32.5 Å². The van der Waals surface area contributed by atoms with Gasteiger partial charge in [0, 0.05) is 61.4 Å². The van der Waals surface area contributed by atoms with E-state index in [1.807, 2.05) is 0 Å². The zero-order chi connectivity index (χ0) is 77.6. The highest BCUT2D eigenvalue weighted by Gasteiger charge is 2.46. The molecule has 2 aliphatic carbocycles. The van der Waals surface area contributed by atoms with Gasteiger partial charge in [0.2, 0.25) is 0 Å². The van der Waals surface area contributed by atoms with Gasteiger partial charge in [-0.15, -0.1) is 0 Å². The molecule has 4 nitrogen and oxygen atoms in total. The second-order valence-electron chi connectivity index (χ2n) is 37.9. The molecule has 0 radical (unpaired) electrons. The minimum absolute atomic E-state index is 0.0670. The van der Waals surface area contributed by atoms with Gasteiger partial charge in [0.25, 0.3) is 6.71 Å². The van der Waals surface area contributed by atoms with Crippen molar-refractivity contribution < 1.29 is 0 Å². The summed E-state index contributed by atoms with van der Waals surface area (Å²) in [6, 6.07) is 115. The number of hydrogen-bond acceptors (Lipinski definition) is 2. The molecule has 0 amide bonds. The van der Waals surface area contributed by atoms with Gasteiger partial charge < -0.3 is 18.9 Å². The Labute approximate surface area is 668 Å². The third kappa shape index (κ3) is 11.5. The summed E-state index contributed by atoms with van der Waals surface area (Å²) in [5, 5.41) is 4.89. The van der Waals surface area contributed by atoms with Crippen LogP contribution < -0.4 is 26.2 Å². The van der Waals surface area contributed by atoms with Crippen molar-refractivity contribution in [2.75, 3.05) is 9.80 Å². The number of nitrogens with zero attached hydrogens (tertiary/aromatic N) is 4. The van der Waals surface area contributed by atoms with Gasteiger partial charge in [-0.3, -0.25) is 0 Å². The van der Waals surface area contributed by atoms with E-state index in [4.69, 9.17) is 0 Å². The number of para-hydroxylation sites is 2. The molecule has 14 aromatic carbocycles. The molecule has 0 N–H and O–H groups in total. The van der Waals surface area contributed by atoms with Crippen molar-refractivity contribution in [3.8, 4) is 67.0 Å². The number of anilines is 6. The van der Waals surface area contributed by atoms with Crippen LogP contribution in [0.2, 0.25) is 0 Å². The molecule has 16 aromatic rings. The SMILES string of the molecule is CC(C)(C)c1cc(-c2ccc3c(c2)N(c2ccc(-c4ccc5c(c4)C(C)(C)CCC5(C)C)cc2)c2cc(-n4c5ccccc5c5ccccc54)cc4c2B3c2ccc(-n3c5ccc(-c6ccccc6)cc5c5cc(-c6ccccc6)ccc53)cc2N4c2ccc(-c3ccc4c(c3)C(C)(C)CCC4(C)C)cc2)cc(C(C)(C)C)c1. The van der Waals surface area contributed by atoms with E-state index in [0.717, 1.165) is 63.7 Å². The first-order chi connectivity index (χ1) is 54.2. The summed E-state index contributed by atoms with van der Waals surface area (Å²) in [4.78, 5) is 5.30. The largest absolute Gasteiger partial charge is 0.311 e. The summed E-state index contributed by atoms with van der Waals surface area (Å²) in [5.41, 5.74) is 38.4. The van der Waals surface area contributed by atoms with Crippen LogP contribution in [0.5, 0.6) is 0 Å². The molecule has 0 unspecified atom stereocenters.